The third-order valence-corrected chi connectivity index (χ3v) is 2.93. The second-order valence-corrected chi connectivity index (χ2v) is 4.45. The van der Waals surface area contributed by atoms with Gasteiger partial charge in [0.1, 0.15) is 0 Å². The maximum Gasteiger partial charge on any atom is 0.351 e. The number of hydrogen-bond donors (Lipinski definition) is 0. The summed E-state index contributed by atoms with van der Waals surface area (Å²) in [5, 5.41) is 0.732. The van der Waals surface area contributed by atoms with Crippen LogP contribution in [0.2, 0.25) is 10.0 Å². The van der Waals surface area contributed by atoms with Crippen molar-refractivity contribution < 1.29 is 0 Å². The molecule has 0 saturated carbocycles. The molecule has 5 nitrogen and oxygen atoms in total. The number of halogens is 2. The van der Waals surface area contributed by atoms with E-state index in [1.807, 2.05) is 0 Å². The summed E-state index contributed by atoms with van der Waals surface area (Å²) in [6.07, 6.45) is 0. The first-order valence-electron chi connectivity index (χ1n) is 4.73. The Morgan fingerprint density at radius 3 is 1.71 bits per heavy atom. The lowest BCUT2D eigenvalue weighted by molar-refractivity contribution is 0.565. The van der Waals surface area contributed by atoms with Gasteiger partial charge in [0.2, 0.25) is 0 Å². The van der Waals surface area contributed by atoms with Gasteiger partial charge in [-0.3, -0.25) is 0 Å². The van der Waals surface area contributed by atoms with Gasteiger partial charge in [-0.15, -0.1) is 0 Å². The summed E-state index contributed by atoms with van der Waals surface area (Å²) in [7, 11) is 3.01. The van der Waals surface area contributed by atoms with Gasteiger partial charge in [0.25, 0.3) is 0 Å². The van der Waals surface area contributed by atoms with Crippen LogP contribution in [0.1, 0.15) is 0 Å². The van der Waals surface area contributed by atoms with Gasteiger partial charge in [0.15, 0.2) is 0 Å². The molecule has 0 bridgehead atoms. The zero-order chi connectivity index (χ0) is 12.7. The van der Waals surface area contributed by atoms with Gasteiger partial charge in [-0.1, -0.05) is 23.2 Å². The predicted molar refractivity (Wildman–Crippen MR) is 66.3 cm³/mol. The topological polar surface area (TPSA) is 48.9 Å². The highest BCUT2D eigenvalue weighted by Gasteiger charge is 2.12. The zero-order valence-corrected chi connectivity index (χ0v) is 10.7. The third kappa shape index (κ3) is 1.92. The molecule has 1 aromatic heterocycles. The molecule has 0 aliphatic rings. The average molecular weight is 274 g/mol. The molecule has 1 heterocycles. The van der Waals surface area contributed by atoms with E-state index in [9.17, 15) is 9.59 Å². The lowest BCUT2D eigenvalue weighted by Gasteiger charge is -2.01. The second kappa shape index (κ2) is 4.09. The molecule has 0 amide bonds. The van der Waals surface area contributed by atoms with Gasteiger partial charge in [0, 0.05) is 24.1 Å². The Labute approximate surface area is 106 Å². The van der Waals surface area contributed by atoms with Crippen LogP contribution in [0.15, 0.2) is 27.8 Å². The van der Waals surface area contributed by atoms with Crippen LogP contribution in [-0.4, -0.2) is 13.9 Å². The van der Waals surface area contributed by atoms with Crippen LogP contribution in [0.25, 0.3) is 5.69 Å². The van der Waals surface area contributed by atoms with E-state index in [0.717, 1.165) is 4.57 Å². The first kappa shape index (κ1) is 12.0. The van der Waals surface area contributed by atoms with E-state index in [-0.39, 0.29) is 0 Å². The summed E-state index contributed by atoms with van der Waals surface area (Å²) >= 11 is 11.7. The molecule has 17 heavy (non-hydrogen) atoms. The van der Waals surface area contributed by atoms with E-state index >= 15 is 0 Å². The fourth-order valence-electron chi connectivity index (χ4n) is 1.52. The molecular weight excluding hydrogens is 265 g/mol. The molecule has 2 aromatic rings. The SMILES string of the molecule is Cn1c(=O)n(-c2cc(Cl)cc(Cl)c2)c(=O)n1C. The largest absolute Gasteiger partial charge is 0.351 e. The minimum absolute atomic E-state index is 0.355. The van der Waals surface area contributed by atoms with Crippen molar-refractivity contribution in [3.05, 3.63) is 49.2 Å². The third-order valence-electron chi connectivity index (χ3n) is 2.49. The minimum atomic E-state index is -0.448. The van der Waals surface area contributed by atoms with Crippen molar-refractivity contribution in [1.82, 2.24) is 13.9 Å². The van der Waals surface area contributed by atoms with Crippen LogP contribution in [-0.2, 0) is 14.1 Å². The van der Waals surface area contributed by atoms with Crippen LogP contribution in [0.3, 0.4) is 0 Å². The van der Waals surface area contributed by atoms with Gasteiger partial charge >= 0.3 is 11.4 Å². The summed E-state index contributed by atoms with van der Waals surface area (Å²) in [4.78, 5) is 23.7. The Kier molecular flexibility index (Phi) is 2.89. The molecule has 0 atom stereocenters. The molecule has 0 N–H and O–H groups in total. The van der Waals surface area contributed by atoms with Gasteiger partial charge in [0.05, 0.1) is 5.69 Å². The number of aromatic nitrogens is 3. The number of nitrogens with zero attached hydrogens (tertiary/aromatic N) is 3. The molecule has 0 unspecified atom stereocenters. The summed E-state index contributed by atoms with van der Waals surface area (Å²) < 4.78 is 3.42. The van der Waals surface area contributed by atoms with Gasteiger partial charge < -0.3 is 0 Å². The minimum Gasteiger partial charge on any atom is -0.246 e. The molecule has 90 valence electrons. The van der Waals surface area contributed by atoms with Crippen LogP contribution in [0.4, 0.5) is 0 Å². The fourth-order valence-corrected chi connectivity index (χ4v) is 2.03. The molecule has 0 radical (unpaired) electrons. The Bertz CT molecular complexity index is 643. The number of rotatable bonds is 1. The molecule has 0 saturated heterocycles. The van der Waals surface area contributed by atoms with Gasteiger partial charge in [-0.25, -0.2) is 23.5 Å². The molecule has 0 aliphatic carbocycles. The average Bonchev–Trinajstić information content (AvgIpc) is 2.42. The van der Waals surface area contributed by atoms with Crippen molar-refractivity contribution >= 4 is 23.2 Å². The number of hydrogen-bond acceptors (Lipinski definition) is 2. The molecule has 0 aliphatic heterocycles. The fraction of sp³-hybridized carbons (Fsp3) is 0.200. The molecule has 7 heteroatoms. The van der Waals surface area contributed by atoms with Crippen molar-refractivity contribution in [1.29, 1.82) is 0 Å². The highest BCUT2D eigenvalue weighted by atomic mass is 35.5. The molecule has 0 fully saturated rings. The highest BCUT2D eigenvalue weighted by Crippen LogP contribution is 2.20. The van der Waals surface area contributed by atoms with E-state index in [1.54, 1.807) is 0 Å². The van der Waals surface area contributed by atoms with Crippen LogP contribution in [0, 0.1) is 0 Å². The monoisotopic (exact) mass is 273 g/mol. The smallest absolute Gasteiger partial charge is 0.246 e. The van der Waals surface area contributed by atoms with E-state index in [4.69, 9.17) is 23.2 Å². The molecule has 0 spiro atoms. The quantitative estimate of drug-likeness (QED) is 0.784. The summed E-state index contributed by atoms with van der Waals surface area (Å²) in [6, 6.07) is 4.55. The first-order chi connectivity index (χ1) is 7.91. The maximum absolute atomic E-state index is 11.9. The Morgan fingerprint density at radius 2 is 1.29 bits per heavy atom. The van der Waals surface area contributed by atoms with Gasteiger partial charge in [-0.05, 0) is 18.2 Å². The summed E-state index contributed by atoms with van der Waals surface area (Å²) in [6.45, 7) is 0. The Morgan fingerprint density at radius 1 is 0.882 bits per heavy atom. The Hall–Kier alpha value is -1.46. The summed E-state index contributed by atoms with van der Waals surface area (Å²) in [5.41, 5.74) is -0.541. The lowest BCUT2D eigenvalue weighted by atomic mass is 10.3. The molecule has 2 rings (SSSR count). The van der Waals surface area contributed by atoms with Crippen molar-refractivity contribution in [2.24, 2.45) is 14.1 Å². The van der Waals surface area contributed by atoms with Crippen molar-refractivity contribution in [2.75, 3.05) is 0 Å². The van der Waals surface area contributed by atoms with E-state index in [2.05, 4.69) is 0 Å². The van der Waals surface area contributed by atoms with E-state index in [1.165, 1.54) is 41.7 Å². The first-order valence-corrected chi connectivity index (χ1v) is 5.49. The standard InChI is InChI=1S/C10H9Cl2N3O2/c1-13-9(16)15(10(17)14(13)2)8-4-6(11)3-7(12)5-8/h3-5H,1-2H3. The molecule has 1 aromatic carbocycles. The van der Waals surface area contributed by atoms with Crippen molar-refractivity contribution in [2.45, 2.75) is 0 Å². The second-order valence-electron chi connectivity index (χ2n) is 3.58. The van der Waals surface area contributed by atoms with Gasteiger partial charge in [-0.2, -0.15) is 0 Å². The van der Waals surface area contributed by atoms with Crippen LogP contribution in [0.5, 0.6) is 0 Å². The predicted octanol–water partition coefficient (Wildman–Crippen LogP) is 1.18. The lowest BCUT2D eigenvalue weighted by Crippen LogP contribution is -2.26. The van der Waals surface area contributed by atoms with Crippen LogP contribution >= 0.6 is 23.2 Å². The normalized spacial score (nSPS) is 10.8. The van der Waals surface area contributed by atoms with E-state index < -0.39 is 11.4 Å². The van der Waals surface area contributed by atoms with Crippen molar-refractivity contribution in [3.8, 4) is 5.69 Å². The highest BCUT2D eigenvalue weighted by molar-refractivity contribution is 6.34. The molecular formula is C10H9Cl2N3O2. The van der Waals surface area contributed by atoms with E-state index in [0.29, 0.717) is 15.7 Å². The summed E-state index contributed by atoms with van der Waals surface area (Å²) in [5.74, 6) is 0. The number of benzene rings is 1. The Balaban J connectivity index is 2.82. The van der Waals surface area contributed by atoms with Crippen molar-refractivity contribution in [3.63, 3.8) is 0 Å². The maximum atomic E-state index is 11.9. The van der Waals surface area contributed by atoms with Crippen LogP contribution < -0.4 is 11.4 Å². The zero-order valence-electron chi connectivity index (χ0n) is 9.15.